The average molecular weight is 128 g/mol. The normalized spacial score (nSPS) is 9.33. The highest BCUT2D eigenvalue weighted by Gasteiger charge is 2.01. The summed E-state index contributed by atoms with van der Waals surface area (Å²) in [5, 5.41) is 17.1. The van der Waals surface area contributed by atoms with Gasteiger partial charge in [-0.25, -0.2) is 4.98 Å². The summed E-state index contributed by atoms with van der Waals surface area (Å²) in [6, 6.07) is 0. The molecule has 3 N–H and O–H groups in total. The van der Waals surface area contributed by atoms with E-state index in [1.165, 1.54) is 0 Å². The summed E-state index contributed by atoms with van der Waals surface area (Å²) in [5.41, 5.74) is -0.748. The number of H-pyrrole nitrogens is 1. The molecule has 0 saturated heterocycles. The second-order valence-electron chi connectivity index (χ2n) is 1.40. The van der Waals surface area contributed by atoms with Crippen LogP contribution in [0.5, 0.6) is 11.6 Å². The monoisotopic (exact) mass is 128 g/mol. The maximum absolute atomic E-state index is 10.3. The Morgan fingerprint density at radius 1 is 1.56 bits per heavy atom. The van der Waals surface area contributed by atoms with Crippen molar-refractivity contribution in [3.8, 4) is 11.6 Å². The Morgan fingerprint density at radius 2 is 2.22 bits per heavy atom. The van der Waals surface area contributed by atoms with Gasteiger partial charge in [-0.1, -0.05) is 0 Å². The van der Waals surface area contributed by atoms with Crippen LogP contribution in [0.4, 0.5) is 0 Å². The van der Waals surface area contributed by atoms with Crippen LogP contribution < -0.4 is 5.56 Å². The molecule has 1 rings (SSSR count). The van der Waals surface area contributed by atoms with Gasteiger partial charge in [0.2, 0.25) is 5.75 Å². The van der Waals surface area contributed by atoms with E-state index in [9.17, 15) is 4.79 Å². The smallest absolute Gasteiger partial charge is 0.296 e. The Bertz CT molecular complexity index is 267. The van der Waals surface area contributed by atoms with Crippen LogP contribution in [-0.2, 0) is 0 Å². The van der Waals surface area contributed by atoms with Crippen LogP contribution in [0.3, 0.4) is 0 Å². The van der Waals surface area contributed by atoms with Gasteiger partial charge in [-0.2, -0.15) is 0 Å². The van der Waals surface area contributed by atoms with E-state index in [0.29, 0.717) is 0 Å². The molecule has 0 spiro atoms. The van der Waals surface area contributed by atoms with Crippen molar-refractivity contribution in [2.45, 2.75) is 0 Å². The minimum Gasteiger partial charge on any atom is -0.499 e. The first-order valence-electron chi connectivity index (χ1n) is 2.17. The highest BCUT2D eigenvalue weighted by Crippen LogP contribution is 2.11. The molecule has 0 amide bonds. The van der Waals surface area contributed by atoms with Crippen molar-refractivity contribution in [1.82, 2.24) is 9.97 Å². The molecule has 0 aliphatic rings. The zero-order chi connectivity index (χ0) is 6.85. The van der Waals surface area contributed by atoms with E-state index >= 15 is 0 Å². The molecule has 0 aliphatic heterocycles. The van der Waals surface area contributed by atoms with Gasteiger partial charge < -0.3 is 15.2 Å². The third-order valence-electron chi connectivity index (χ3n) is 0.809. The maximum Gasteiger partial charge on any atom is 0.296 e. The van der Waals surface area contributed by atoms with Crippen LogP contribution in [0.15, 0.2) is 11.1 Å². The Morgan fingerprint density at radius 3 is 2.67 bits per heavy atom. The minimum atomic E-state index is -0.752. The number of rotatable bonds is 0. The first-order valence-corrected chi connectivity index (χ1v) is 2.17. The Labute approximate surface area is 49.6 Å². The fourth-order valence-corrected chi connectivity index (χ4v) is 0.383. The van der Waals surface area contributed by atoms with Gasteiger partial charge in [-0.3, -0.25) is 4.79 Å². The van der Waals surface area contributed by atoms with E-state index in [1.807, 2.05) is 0 Å². The van der Waals surface area contributed by atoms with E-state index in [1.54, 1.807) is 0 Å². The molecule has 0 fully saturated rings. The fourth-order valence-electron chi connectivity index (χ4n) is 0.383. The maximum atomic E-state index is 10.3. The predicted molar refractivity (Wildman–Crippen MR) is 28.2 cm³/mol. The number of aromatic amines is 1. The summed E-state index contributed by atoms with van der Waals surface area (Å²) < 4.78 is 0. The SMILES string of the molecule is O=c1[nH]cnc(O)c1O. The summed E-state index contributed by atoms with van der Waals surface area (Å²) in [6.07, 6.45) is 0.997. The van der Waals surface area contributed by atoms with Crippen molar-refractivity contribution in [2.24, 2.45) is 0 Å². The molecule has 0 atom stereocenters. The van der Waals surface area contributed by atoms with E-state index in [-0.39, 0.29) is 0 Å². The Balaban J connectivity index is 3.43. The number of nitrogens with one attached hydrogen (secondary N) is 1. The molecule has 48 valence electrons. The highest BCUT2D eigenvalue weighted by atomic mass is 16.3. The summed E-state index contributed by atoms with van der Waals surface area (Å²) in [6.45, 7) is 0. The number of aromatic nitrogens is 2. The van der Waals surface area contributed by atoms with Gasteiger partial charge >= 0.3 is 0 Å². The van der Waals surface area contributed by atoms with Crippen molar-refractivity contribution in [3.63, 3.8) is 0 Å². The van der Waals surface area contributed by atoms with Crippen LogP contribution in [0.1, 0.15) is 0 Å². The standard InChI is InChI=1S/C4H4N2O3/c7-2-3(8)5-1-6-4(2)9/h1,7H,(H2,5,6,8,9). The molecule has 0 aromatic carbocycles. The average Bonchev–Trinajstić information content (AvgIpc) is 1.83. The fraction of sp³-hybridized carbons (Fsp3) is 0. The van der Waals surface area contributed by atoms with Gasteiger partial charge in [0, 0.05) is 0 Å². The summed E-state index contributed by atoms with van der Waals surface area (Å²) in [7, 11) is 0. The van der Waals surface area contributed by atoms with Gasteiger partial charge in [0.1, 0.15) is 0 Å². The van der Waals surface area contributed by atoms with Crippen molar-refractivity contribution in [2.75, 3.05) is 0 Å². The molecular formula is C4H4N2O3. The van der Waals surface area contributed by atoms with Gasteiger partial charge in [0.05, 0.1) is 6.33 Å². The second-order valence-corrected chi connectivity index (χ2v) is 1.40. The molecule has 5 nitrogen and oxygen atoms in total. The molecule has 0 radical (unpaired) electrons. The molecule has 1 aromatic rings. The minimum absolute atomic E-state index is 0.654. The van der Waals surface area contributed by atoms with Crippen molar-refractivity contribution in [1.29, 1.82) is 0 Å². The Hall–Kier alpha value is -1.52. The van der Waals surface area contributed by atoms with Crippen molar-refractivity contribution >= 4 is 0 Å². The summed E-state index contributed by atoms with van der Waals surface area (Å²) in [5.74, 6) is -1.41. The molecule has 5 heteroatoms. The van der Waals surface area contributed by atoms with Gasteiger partial charge in [-0.05, 0) is 0 Å². The Kier molecular flexibility index (Phi) is 1.11. The van der Waals surface area contributed by atoms with Crippen molar-refractivity contribution < 1.29 is 10.2 Å². The van der Waals surface area contributed by atoms with Crippen LogP contribution in [0.2, 0.25) is 0 Å². The number of hydrogen-bond donors (Lipinski definition) is 3. The lowest BCUT2D eigenvalue weighted by Gasteiger charge is -1.89. The van der Waals surface area contributed by atoms with Gasteiger partial charge in [0.15, 0.2) is 0 Å². The molecule has 0 aliphatic carbocycles. The zero-order valence-electron chi connectivity index (χ0n) is 4.33. The molecule has 1 heterocycles. The third kappa shape index (κ3) is 0.835. The third-order valence-corrected chi connectivity index (χ3v) is 0.809. The van der Waals surface area contributed by atoms with Gasteiger partial charge in [-0.15, -0.1) is 0 Å². The van der Waals surface area contributed by atoms with E-state index < -0.39 is 17.2 Å². The number of nitrogens with zero attached hydrogens (tertiary/aromatic N) is 1. The number of aromatic hydroxyl groups is 2. The molecule has 1 aromatic heterocycles. The lowest BCUT2D eigenvalue weighted by Crippen LogP contribution is -2.04. The first-order chi connectivity index (χ1) is 4.22. The zero-order valence-corrected chi connectivity index (χ0v) is 4.33. The molecule has 0 unspecified atom stereocenters. The number of hydrogen-bond acceptors (Lipinski definition) is 4. The molecular weight excluding hydrogens is 124 g/mol. The van der Waals surface area contributed by atoms with Crippen molar-refractivity contribution in [3.05, 3.63) is 16.7 Å². The van der Waals surface area contributed by atoms with E-state index in [0.717, 1.165) is 6.33 Å². The van der Waals surface area contributed by atoms with Crippen LogP contribution in [0, 0.1) is 0 Å². The van der Waals surface area contributed by atoms with Crippen LogP contribution in [-0.4, -0.2) is 20.2 Å². The predicted octanol–water partition coefficient (Wildman–Crippen LogP) is -0.819. The van der Waals surface area contributed by atoms with Gasteiger partial charge in [0.25, 0.3) is 11.4 Å². The topological polar surface area (TPSA) is 86.2 Å². The van der Waals surface area contributed by atoms with Crippen LogP contribution >= 0.6 is 0 Å². The molecule has 0 saturated carbocycles. The largest absolute Gasteiger partial charge is 0.499 e. The molecule has 0 bridgehead atoms. The second kappa shape index (κ2) is 1.77. The summed E-state index contributed by atoms with van der Waals surface area (Å²) in [4.78, 5) is 15.6. The molecule has 9 heavy (non-hydrogen) atoms. The van der Waals surface area contributed by atoms with E-state index in [4.69, 9.17) is 10.2 Å². The summed E-state index contributed by atoms with van der Waals surface area (Å²) >= 11 is 0. The van der Waals surface area contributed by atoms with Crippen LogP contribution in [0.25, 0.3) is 0 Å². The quantitative estimate of drug-likeness (QED) is 0.426. The first kappa shape index (κ1) is 5.61. The van der Waals surface area contributed by atoms with E-state index in [2.05, 4.69) is 9.97 Å². The lowest BCUT2D eigenvalue weighted by molar-refractivity contribution is 0.382. The lowest BCUT2D eigenvalue weighted by atomic mass is 10.6. The highest BCUT2D eigenvalue weighted by molar-refractivity contribution is 5.25.